The van der Waals surface area contributed by atoms with Gasteiger partial charge in [-0.05, 0) is 54.8 Å². The average Bonchev–Trinajstić information content (AvgIpc) is 2.60. The van der Waals surface area contributed by atoms with Gasteiger partial charge in [-0.1, -0.05) is 11.6 Å². The first kappa shape index (κ1) is 19.2. The van der Waals surface area contributed by atoms with Crippen molar-refractivity contribution in [3.05, 3.63) is 64.7 Å². The third-order valence-corrected chi connectivity index (χ3v) is 6.33. The summed E-state index contributed by atoms with van der Waals surface area (Å²) < 4.78 is 59.0. The zero-order valence-corrected chi connectivity index (χ0v) is 15.4. The number of hydrogen-bond acceptors (Lipinski definition) is 3. The number of benzene rings is 2. The topological polar surface area (TPSA) is 46.6 Å². The first-order valence-electron chi connectivity index (χ1n) is 8.17. The molecule has 1 unspecified atom stereocenters. The summed E-state index contributed by atoms with van der Waals surface area (Å²) in [5.41, 5.74) is 0.375. The minimum Gasteiger partial charge on any atom is -0.372 e. The van der Waals surface area contributed by atoms with Gasteiger partial charge in [0.05, 0.1) is 17.6 Å². The predicted octanol–water partition coefficient (Wildman–Crippen LogP) is 3.99. The van der Waals surface area contributed by atoms with Crippen LogP contribution in [0.25, 0.3) is 0 Å². The van der Waals surface area contributed by atoms with Crippen LogP contribution in [0.1, 0.15) is 18.4 Å². The molecule has 0 N–H and O–H groups in total. The number of hydrogen-bond donors (Lipinski definition) is 0. The van der Waals surface area contributed by atoms with Gasteiger partial charge in [-0.2, -0.15) is 4.31 Å². The molecule has 140 valence electrons. The van der Waals surface area contributed by atoms with Crippen LogP contribution in [0, 0.1) is 11.6 Å². The fourth-order valence-electron chi connectivity index (χ4n) is 2.92. The van der Waals surface area contributed by atoms with E-state index in [0.717, 1.165) is 6.07 Å². The standard InChI is InChI=1S/C18H18ClF2NO3S/c19-14-3-5-18(6-4-14)26(23,24)22-7-1-2-17(11-22)25-12-13-8-15(20)10-16(21)9-13/h3-6,8-10,17H,1-2,7,11-12H2. The quantitative estimate of drug-likeness (QED) is 0.761. The lowest BCUT2D eigenvalue weighted by atomic mass is 10.1. The highest BCUT2D eigenvalue weighted by Gasteiger charge is 2.30. The summed E-state index contributed by atoms with van der Waals surface area (Å²) in [7, 11) is -3.63. The Kier molecular flexibility index (Phi) is 5.92. The Labute approximate surface area is 156 Å². The zero-order valence-electron chi connectivity index (χ0n) is 13.9. The van der Waals surface area contributed by atoms with E-state index in [-0.39, 0.29) is 24.2 Å². The summed E-state index contributed by atoms with van der Waals surface area (Å²) in [5, 5.41) is 0.464. The van der Waals surface area contributed by atoms with E-state index in [1.165, 1.54) is 40.7 Å². The Bertz CT molecular complexity index is 854. The maximum absolute atomic E-state index is 13.2. The SMILES string of the molecule is O=S(=O)(c1ccc(Cl)cc1)N1CCCC(OCc2cc(F)cc(F)c2)C1. The number of halogens is 3. The first-order chi connectivity index (χ1) is 12.3. The Balaban J connectivity index is 1.66. The fourth-order valence-corrected chi connectivity index (χ4v) is 4.56. The Morgan fingerprint density at radius 2 is 1.77 bits per heavy atom. The molecule has 26 heavy (non-hydrogen) atoms. The molecule has 1 heterocycles. The molecular formula is C18H18ClF2NO3S. The van der Waals surface area contributed by atoms with Gasteiger partial charge in [-0.3, -0.25) is 0 Å². The van der Waals surface area contributed by atoms with Crippen molar-refractivity contribution in [2.75, 3.05) is 13.1 Å². The van der Waals surface area contributed by atoms with Crippen LogP contribution in [0.15, 0.2) is 47.4 Å². The van der Waals surface area contributed by atoms with Gasteiger partial charge in [0.25, 0.3) is 0 Å². The van der Waals surface area contributed by atoms with Crippen molar-refractivity contribution in [1.82, 2.24) is 4.31 Å². The van der Waals surface area contributed by atoms with Crippen molar-refractivity contribution in [1.29, 1.82) is 0 Å². The minimum atomic E-state index is -3.63. The number of nitrogens with zero attached hydrogens (tertiary/aromatic N) is 1. The van der Waals surface area contributed by atoms with Gasteiger partial charge in [0.15, 0.2) is 0 Å². The van der Waals surface area contributed by atoms with Crippen LogP contribution in [0.4, 0.5) is 8.78 Å². The Morgan fingerprint density at radius 1 is 1.12 bits per heavy atom. The molecule has 1 aliphatic rings. The predicted molar refractivity (Wildman–Crippen MR) is 94.4 cm³/mol. The highest BCUT2D eigenvalue weighted by atomic mass is 35.5. The molecule has 0 amide bonds. The maximum atomic E-state index is 13.2. The highest BCUT2D eigenvalue weighted by molar-refractivity contribution is 7.89. The van der Waals surface area contributed by atoms with Crippen LogP contribution in [0.3, 0.4) is 0 Å². The van der Waals surface area contributed by atoms with Gasteiger partial charge in [-0.25, -0.2) is 17.2 Å². The molecule has 0 bridgehead atoms. The van der Waals surface area contributed by atoms with Gasteiger partial charge < -0.3 is 4.74 Å². The summed E-state index contributed by atoms with van der Waals surface area (Å²) in [5.74, 6) is -1.33. The largest absolute Gasteiger partial charge is 0.372 e. The molecule has 3 rings (SSSR count). The molecule has 1 saturated heterocycles. The lowest BCUT2D eigenvalue weighted by Gasteiger charge is -2.32. The number of ether oxygens (including phenoxy) is 1. The van der Waals surface area contributed by atoms with E-state index >= 15 is 0 Å². The molecule has 4 nitrogen and oxygen atoms in total. The number of rotatable bonds is 5. The van der Waals surface area contributed by atoms with Crippen LogP contribution >= 0.6 is 11.6 Å². The molecule has 1 atom stereocenters. The third-order valence-electron chi connectivity index (χ3n) is 4.20. The lowest BCUT2D eigenvalue weighted by Crippen LogP contribution is -2.43. The van der Waals surface area contributed by atoms with E-state index in [1.807, 2.05) is 0 Å². The molecule has 2 aromatic carbocycles. The summed E-state index contributed by atoms with van der Waals surface area (Å²) in [6, 6.07) is 9.21. The van der Waals surface area contributed by atoms with Crippen molar-refractivity contribution >= 4 is 21.6 Å². The lowest BCUT2D eigenvalue weighted by molar-refractivity contribution is 0.00792. The monoisotopic (exact) mass is 401 g/mol. The fraction of sp³-hybridized carbons (Fsp3) is 0.333. The molecule has 0 aromatic heterocycles. The molecule has 0 saturated carbocycles. The van der Waals surface area contributed by atoms with Crippen LogP contribution in [-0.2, 0) is 21.4 Å². The molecule has 8 heteroatoms. The van der Waals surface area contributed by atoms with Crippen molar-refractivity contribution in [2.45, 2.75) is 30.4 Å². The summed E-state index contributed by atoms with van der Waals surface area (Å²) in [6.45, 7) is 0.621. The van der Waals surface area contributed by atoms with Gasteiger partial charge in [-0.15, -0.1) is 0 Å². The molecular weight excluding hydrogens is 384 g/mol. The second-order valence-electron chi connectivity index (χ2n) is 6.17. The highest BCUT2D eigenvalue weighted by Crippen LogP contribution is 2.24. The molecule has 0 spiro atoms. The first-order valence-corrected chi connectivity index (χ1v) is 9.99. The Hall–Kier alpha value is -1.54. The zero-order chi connectivity index (χ0) is 18.7. The smallest absolute Gasteiger partial charge is 0.243 e. The van der Waals surface area contributed by atoms with Gasteiger partial charge >= 0.3 is 0 Å². The van der Waals surface area contributed by atoms with E-state index in [1.54, 1.807) is 0 Å². The van der Waals surface area contributed by atoms with Crippen molar-refractivity contribution in [3.63, 3.8) is 0 Å². The molecule has 2 aromatic rings. The second-order valence-corrected chi connectivity index (χ2v) is 8.54. The van der Waals surface area contributed by atoms with Crippen LogP contribution in [-0.4, -0.2) is 31.9 Å². The maximum Gasteiger partial charge on any atom is 0.243 e. The second kappa shape index (κ2) is 8.00. The average molecular weight is 402 g/mol. The summed E-state index contributed by atoms with van der Waals surface area (Å²) in [4.78, 5) is 0.176. The molecule has 1 aliphatic heterocycles. The van der Waals surface area contributed by atoms with Crippen LogP contribution in [0.2, 0.25) is 5.02 Å². The number of piperidine rings is 1. The normalized spacial score (nSPS) is 18.8. The Morgan fingerprint density at radius 3 is 2.42 bits per heavy atom. The van der Waals surface area contributed by atoms with Crippen LogP contribution in [0.5, 0.6) is 0 Å². The summed E-state index contributed by atoms with van der Waals surface area (Å²) in [6.07, 6.45) is 0.997. The van der Waals surface area contributed by atoms with Crippen molar-refractivity contribution in [2.24, 2.45) is 0 Å². The molecule has 0 radical (unpaired) electrons. The van der Waals surface area contributed by atoms with Crippen LogP contribution < -0.4 is 0 Å². The van der Waals surface area contributed by atoms with E-state index in [0.29, 0.717) is 30.0 Å². The number of sulfonamides is 1. The van der Waals surface area contributed by atoms with Gasteiger partial charge in [0.2, 0.25) is 10.0 Å². The van der Waals surface area contributed by atoms with Gasteiger partial charge in [0.1, 0.15) is 11.6 Å². The van der Waals surface area contributed by atoms with Crippen molar-refractivity contribution in [3.8, 4) is 0 Å². The van der Waals surface area contributed by atoms with E-state index in [9.17, 15) is 17.2 Å². The molecule has 1 fully saturated rings. The van der Waals surface area contributed by atoms with E-state index in [4.69, 9.17) is 16.3 Å². The third kappa shape index (κ3) is 4.59. The summed E-state index contributed by atoms with van der Waals surface area (Å²) >= 11 is 5.81. The molecule has 0 aliphatic carbocycles. The van der Waals surface area contributed by atoms with Gasteiger partial charge in [0, 0.05) is 24.2 Å². The van der Waals surface area contributed by atoms with Crippen molar-refractivity contribution < 1.29 is 21.9 Å². The van der Waals surface area contributed by atoms with E-state index < -0.39 is 21.7 Å². The van der Waals surface area contributed by atoms with E-state index in [2.05, 4.69) is 0 Å². The minimum absolute atomic E-state index is 0.0220.